The number of hydrogen-bond donors (Lipinski definition) is 2. The van der Waals surface area contributed by atoms with E-state index in [1.54, 1.807) is 0 Å². The highest BCUT2D eigenvalue weighted by atomic mass is 16.4. The molecule has 0 aromatic carbocycles. The van der Waals surface area contributed by atoms with E-state index in [0.29, 0.717) is 17.8 Å². The van der Waals surface area contributed by atoms with E-state index in [9.17, 15) is 15.1 Å². The second-order valence-corrected chi connectivity index (χ2v) is 9.39. The van der Waals surface area contributed by atoms with E-state index in [1.165, 1.54) is 12.8 Å². The first-order chi connectivity index (χ1) is 10.8. The molecule has 4 aliphatic rings. The highest BCUT2D eigenvalue weighted by Crippen LogP contribution is 2.69. The third-order valence-electron chi connectivity index (χ3n) is 8.40. The average molecular weight is 319 g/mol. The molecule has 2 N–H and O–H groups in total. The molecule has 4 fully saturated rings. The minimum Gasteiger partial charge on any atom is -0.481 e. The van der Waals surface area contributed by atoms with Gasteiger partial charge in [-0.15, -0.1) is 0 Å². The molecule has 0 heterocycles. The van der Waals surface area contributed by atoms with Crippen molar-refractivity contribution in [3.05, 3.63) is 0 Å². The average Bonchev–Trinajstić information content (AvgIpc) is 2.73. The van der Waals surface area contributed by atoms with Crippen LogP contribution < -0.4 is 0 Å². The molecule has 23 heavy (non-hydrogen) atoms. The fourth-order valence-corrected chi connectivity index (χ4v) is 7.24. The van der Waals surface area contributed by atoms with Crippen LogP contribution in [0.15, 0.2) is 5.16 Å². The molecule has 4 aliphatic carbocycles. The van der Waals surface area contributed by atoms with E-state index in [0.717, 1.165) is 50.7 Å². The summed E-state index contributed by atoms with van der Waals surface area (Å²) >= 11 is 0. The van der Waals surface area contributed by atoms with Crippen molar-refractivity contribution in [3.63, 3.8) is 0 Å². The molecule has 2 bridgehead atoms. The van der Waals surface area contributed by atoms with Gasteiger partial charge >= 0.3 is 5.97 Å². The minimum atomic E-state index is -0.590. The van der Waals surface area contributed by atoms with Gasteiger partial charge in [-0.25, -0.2) is 0 Å². The van der Waals surface area contributed by atoms with Crippen molar-refractivity contribution in [2.75, 3.05) is 0 Å². The van der Waals surface area contributed by atoms with Gasteiger partial charge < -0.3 is 10.3 Å². The summed E-state index contributed by atoms with van der Waals surface area (Å²) in [4.78, 5) is 11.9. The van der Waals surface area contributed by atoms with Gasteiger partial charge in [0.1, 0.15) is 0 Å². The van der Waals surface area contributed by atoms with Crippen molar-refractivity contribution in [3.8, 4) is 0 Å². The molecule has 6 atom stereocenters. The first kappa shape index (κ1) is 15.5. The maximum absolute atomic E-state index is 11.9. The number of carboxylic acids is 1. The Morgan fingerprint density at radius 3 is 2.57 bits per heavy atom. The van der Waals surface area contributed by atoms with Gasteiger partial charge in [-0.1, -0.05) is 18.5 Å². The van der Waals surface area contributed by atoms with Gasteiger partial charge in [-0.3, -0.25) is 4.79 Å². The van der Waals surface area contributed by atoms with Gasteiger partial charge in [0.05, 0.1) is 11.1 Å². The number of rotatable bonds is 1. The summed E-state index contributed by atoms with van der Waals surface area (Å²) in [7, 11) is 0. The first-order valence-electron chi connectivity index (χ1n) is 9.29. The van der Waals surface area contributed by atoms with Crippen LogP contribution in [0.4, 0.5) is 0 Å². The number of aliphatic carboxylic acids is 1. The molecule has 4 rings (SSSR count). The van der Waals surface area contributed by atoms with Crippen LogP contribution in [-0.2, 0) is 4.79 Å². The monoisotopic (exact) mass is 319 g/mol. The molecule has 1 spiro atoms. The van der Waals surface area contributed by atoms with E-state index >= 15 is 0 Å². The summed E-state index contributed by atoms with van der Waals surface area (Å²) in [5.74, 6) is 0.936. The molecule has 4 heteroatoms. The van der Waals surface area contributed by atoms with E-state index in [1.807, 2.05) is 6.92 Å². The topological polar surface area (TPSA) is 69.9 Å². The lowest BCUT2D eigenvalue weighted by atomic mass is 9.46. The van der Waals surface area contributed by atoms with Crippen LogP contribution in [0.5, 0.6) is 0 Å². The molecule has 0 aliphatic heterocycles. The van der Waals surface area contributed by atoms with Crippen molar-refractivity contribution < 1.29 is 15.1 Å². The van der Waals surface area contributed by atoms with E-state index < -0.39 is 11.4 Å². The Morgan fingerprint density at radius 2 is 1.87 bits per heavy atom. The van der Waals surface area contributed by atoms with E-state index in [2.05, 4.69) is 12.1 Å². The van der Waals surface area contributed by atoms with Crippen LogP contribution in [0.1, 0.15) is 71.6 Å². The molecular weight excluding hydrogens is 290 g/mol. The van der Waals surface area contributed by atoms with Gasteiger partial charge in [0.15, 0.2) is 0 Å². The lowest BCUT2D eigenvalue weighted by Crippen LogP contribution is -2.53. The molecule has 0 aromatic heterocycles. The molecule has 0 aromatic rings. The predicted molar refractivity (Wildman–Crippen MR) is 87.5 cm³/mol. The SMILES string of the molecule is C[C@@]12CC[C@H]3[C@@H]4CCC[C@@](C)(C(=O)O)[C@H]4CC[C@]3(C/C1=N\O)C2. The number of hydrogen-bond acceptors (Lipinski definition) is 3. The Morgan fingerprint density at radius 1 is 1.13 bits per heavy atom. The first-order valence-corrected chi connectivity index (χ1v) is 9.29. The van der Waals surface area contributed by atoms with Crippen molar-refractivity contribution in [2.45, 2.75) is 71.6 Å². The van der Waals surface area contributed by atoms with Crippen molar-refractivity contribution in [1.82, 2.24) is 0 Å². The number of fused-ring (bicyclic) bond motifs is 3. The normalized spacial score (nSPS) is 53.7. The van der Waals surface area contributed by atoms with Crippen molar-refractivity contribution in [1.29, 1.82) is 0 Å². The van der Waals surface area contributed by atoms with Crippen LogP contribution in [0.25, 0.3) is 0 Å². The Balaban J connectivity index is 1.69. The summed E-state index contributed by atoms with van der Waals surface area (Å²) in [5, 5.41) is 23.0. The van der Waals surface area contributed by atoms with Gasteiger partial charge in [-0.05, 0) is 81.5 Å². The minimum absolute atomic E-state index is 0.0862. The van der Waals surface area contributed by atoms with Gasteiger partial charge in [-0.2, -0.15) is 0 Å². The summed E-state index contributed by atoms with van der Waals surface area (Å²) in [6.07, 6.45) is 9.63. The smallest absolute Gasteiger partial charge is 0.309 e. The van der Waals surface area contributed by atoms with E-state index in [-0.39, 0.29) is 10.8 Å². The zero-order valence-corrected chi connectivity index (χ0v) is 14.3. The second kappa shape index (κ2) is 4.73. The summed E-state index contributed by atoms with van der Waals surface area (Å²) in [6.45, 7) is 4.26. The highest BCUT2D eigenvalue weighted by molar-refractivity contribution is 5.92. The number of oxime groups is 1. The summed E-state index contributed by atoms with van der Waals surface area (Å²) in [5.41, 5.74) is 0.850. The predicted octanol–water partition coefficient (Wildman–Crippen LogP) is 4.31. The molecule has 0 radical (unpaired) electrons. The molecule has 0 saturated heterocycles. The Hall–Kier alpha value is -1.06. The van der Waals surface area contributed by atoms with Crippen molar-refractivity contribution >= 4 is 11.7 Å². The van der Waals surface area contributed by atoms with Crippen LogP contribution in [0, 0.1) is 34.0 Å². The Bertz CT molecular complexity index is 573. The van der Waals surface area contributed by atoms with Gasteiger partial charge in [0.25, 0.3) is 0 Å². The maximum atomic E-state index is 11.9. The second-order valence-electron chi connectivity index (χ2n) is 9.39. The van der Waals surface area contributed by atoms with E-state index in [4.69, 9.17) is 0 Å². The molecule has 0 unspecified atom stereocenters. The van der Waals surface area contributed by atoms with Gasteiger partial charge in [0.2, 0.25) is 0 Å². The zero-order chi connectivity index (χ0) is 16.5. The largest absolute Gasteiger partial charge is 0.481 e. The van der Waals surface area contributed by atoms with Crippen LogP contribution in [0.2, 0.25) is 0 Å². The maximum Gasteiger partial charge on any atom is 0.309 e. The third kappa shape index (κ3) is 1.90. The lowest BCUT2D eigenvalue weighted by Gasteiger charge is -2.58. The molecular formula is C19H29NO3. The van der Waals surface area contributed by atoms with Crippen molar-refractivity contribution in [2.24, 2.45) is 39.2 Å². The fraction of sp³-hybridized carbons (Fsp3) is 0.895. The molecule has 4 nitrogen and oxygen atoms in total. The summed E-state index contributed by atoms with van der Waals surface area (Å²) < 4.78 is 0. The Kier molecular flexibility index (Phi) is 3.18. The molecule has 4 saturated carbocycles. The highest BCUT2D eigenvalue weighted by Gasteiger charge is 2.63. The number of nitrogens with zero attached hydrogens (tertiary/aromatic N) is 1. The molecule has 128 valence electrons. The Labute approximate surface area is 138 Å². The number of carboxylic acid groups (broad SMARTS) is 1. The standard InChI is InChI=1S/C19H29NO3/c1-17-8-5-14-12-4-3-7-18(2,16(21)22)13(12)6-9-19(14,11-17)10-15(17)20-23/h12-14,23H,3-11H2,1-2H3,(H,21,22)/b20-15+/t12-,13+,14+,17+,18-,19+/m1/s1. The summed E-state index contributed by atoms with van der Waals surface area (Å²) in [6, 6.07) is 0. The van der Waals surface area contributed by atoms with Gasteiger partial charge in [0, 0.05) is 5.41 Å². The molecule has 0 amide bonds. The fourth-order valence-electron chi connectivity index (χ4n) is 7.24. The van der Waals surface area contributed by atoms with Crippen LogP contribution >= 0.6 is 0 Å². The lowest BCUT2D eigenvalue weighted by molar-refractivity contribution is -0.164. The zero-order valence-electron chi connectivity index (χ0n) is 14.3. The third-order valence-corrected chi connectivity index (χ3v) is 8.40. The number of carbonyl (C=O) groups is 1. The van der Waals surface area contributed by atoms with Crippen LogP contribution in [0.3, 0.4) is 0 Å². The van der Waals surface area contributed by atoms with Crippen LogP contribution in [-0.4, -0.2) is 22.0 Å². The quantitative estimate of drug-likeness (QED) is 0.559.